The molecule has 0 aliphatic carbocycles. The maximum atomic E-state index is 13.6. The molecular weight excluding hydrogens is 488 g/mol. The summed E-state index contributed by atoms with van der Waals surface area (Å²) in [6.07, 6.45) is 0.193. The van der Waals surface area contributed by atoms with Gasteiger partial charge in [0.05, 0.1) is 41.4 Å². The lowest BCUT2D eigenvalue weighted by Crippen LogP contribution is -2.40. The molecule has 0 fully saturated rings. The quantitative estimate of drug-likeness (QED) is 0.400. The molecule has 3 rings (SSSR count). The van der Waals surface area contributed by atoms with E-state index in [-0.39, 0.29) is 15.6 Å². The molecule has 35 heavy (non-hydrogen) atoms. The van der Waals surface area contributed by atoms with Crippen molar-refractivity contribution < 1.29 is 23.1 Å². The van der Waals surface area contributed by atoms with E-state index in [9.17, 15) is 18.3 Å². The van der Waals surface area contributed by atoms with Crippen molar-refractivity contribution in [1.82, 2.24) is 0 Å². The topological polar surface area (TPSA) is 108 Å². The Kier molecular flexibility index (Phi) is 8.39. The molecule has 182 valence electrons. The van der Waals surface area contributed by atoms with Crippen LogP contribution in [0.4, 0.5) is 5.69 Å². The first-order valence-electron chi connectivity index (χ1n) is 10.9. The molecule has 3 aromatic rings. The number of sulfonamides is 1. The Hall–Kier alpha value is -3.54. The molecule has 0 aliphatic heterocycles. The SMILES string of the molecule is Cc1cc(OCCc2ccc(C#N)cc2)cc(N(C(C)CC(=O)O)S(=O)(=O)c2ccccc2Cl)c1. The van der Waals surface area contributed by atoms with E-state index in [1.165, 1.54) is 19.1 Å². The molecule has 9 heteroatoms. The number of carbonyl (C=O) groups is 1. The lowest BCUT2D eigenvalue weighted by molar-refractivity contribution is -0.137. The van der Waals surface area contributed by atoms with E-state index in [4.69, 9.17) is 21.6 Å². The van der Waals surface area contributed by atoms with Crippen molar-refractivity contribution in [3.05, 3.63) is 88.4 Å². The number of carboxylic acids is 1. The predicted molar refractivity (Wildman–Crippen MR) is 134 cm³/mol. The number of nitriles is 1. The van der Waals surface area contributed by atoms with Gasteiger partial charge in [-0.05, 0) is 61.4 Å². The van der Waals surface area contributed by atoms with Gasteiger partial charge < -0.3 is 9.84 Å². The minimum atomic E-state index is -4.18. The van der Waals surface area contributed by atoms with E-state index in [0.29, 0.717) is 24.3 Å². The second-order valence-electron chi connectivity index (χ2n) is 8.09. The Bertz CT molecular complexity index is 1350. The third kappa shape index (κ3) is 6.53. The molecule has 0 bridgehead atoms. The van der Waals surface area contributed by atoms with Crippen molar-refractivity contribution in [3.8, 4) is 11.8 Å². The summed E-state index contributed by atoms with van der Waals surface area (Å²) >= 11 is 6.19. The molecule has 0 aliphatic rings. The van der Waals surface area contributed by atoms with Crippen molar-refractivity contribution in [2.24, 2.45) is 0 Å². The highest BCUT2D eigenvalue weighted by atomic mass is 35.5. The van der Waals surface area contributed by atoms with Crippen LogP contribution in [0.3, 0.4) is 0 Å². The van der Waals surface area contributed by atoms with E-state index in [2.05, 4.69) is 6.07 Å². The Labute approximate surface area is 210 Å². The van der Waals surface area contributed by atoms with Crippen molar-refractivity contribution in [2.45, 2.75) is 37.6 Å². The van der Waals surface area contributed by atoms with Gasteiger partial charge in [-0.3, -0.25) is 9.10 Å². The van der Waals surface area contributed by atoms with E-state index in [1.54, 1.807) is 49.4 Å². The van der Waals surface area contributed by atoms with Crippen LogP contribution in [0.5, 0.6) is 5.75 Å². The number of halogens is 1. The molecule has 0 radical (unpaired) electrons. The third-order valence-corrected chi connectivity index (χ3v) is 7.72. The number of hydrogen-bond donors (Lipinski definition) is 1. The highest BCUT2D eigenvalue weighted by molar-refractivity contribution is 7.93. The average molecular weight is 513 g/mol. The number of carboxylic acid groups (broad SMARTS) is 1. The zero-order chi connectivity index (χ0) is 25.6. The van der Waals surface area contributed by atoms with Gasteiger partial charge in [-0.15, -0.1) is 0 Å². The normalized spacial score (nSPS) is 11.9. The number of aliphatic carboxylic acids is 1. The van der Waals surface area contributed by atoms with E-state index < -0.39 is 28.5 Å². The molecule has 0 saturated carbocycles. The van der Waals surface area contributed by atoms with Crippen LogP contribution in [0, 0.1) is 18.3 Å². The van der Waals surface area contributed by atoms with Crippen LogP contribution in [0.2, 0.25) is 5.02 Å². The first-order valence-corrected chi connectivity index (χ1v) is 12.7. The van der Waals surface area contributed by atoms with Gasteiger partial charge in [0.25, 0.3) is 10.0 Å². The minimum absolute atomic E-state index is 0.0477. The molecule has 0 spiro atoms. The van der Waals surface area contributed by atoms with Gasteiger partial charge in [0, 0.05) is 12.5 Å². The Morgan fingerprint density at radius 2 is 1.83 bits per heavy atom. The average Bonchev–Trinajstić information content (AvgIpc) is 2.79. The fourth-order valence-electron chi connectivity index (χ4n) is 3.70. The lowest BCUT2D eigenvalue weighted by Gasteiger charge is -2.30. The van der Waals surface area contributed by atoms with Crippen LogP contribution in [0.15, 0.2) is 71.6 Å². The van der Waals surface area contributed by atoms with Crippen LogP contribution in [-0.2, 0) is 21.2 Å². The highest BCUT2D eigenvalue weighted by Gasteiger charge is 2.32. The van der Waals surface area contributed by atoms with Crippen LogP contribution < -0.4 is 9.04 Å². The van der Waals surface area contributed by atoms with Gasteiger partial charge in [-0.2, -0.15) is 5.26 Å². The third-order valence-electron chi connectivity index (χ3n) is 5.28. The lowest BCUT2D eigenvalue weighted by atomic mass is 10.1. The molecular formula is C26H25ClN2O5S. The standard InChI is InChI=1S/C26H25ClN2O5S/c1-18-13-22(16-23(14-18)34-12-11-20-7-9-21(17-28)10-8-20)29(19(2)15-26(30)31)35(32,33)25-6-4-3-5-24(25)27/h3-10,13-14,16,19H,11-12,15H2,1-2H3,(H,30,31). The van der Waals surface area contributed by atoms with Gasteiger partial charge >= 0.3 is 5.97 Å². The number of benzene rings is 3. The van der Waals surface area contributed by atoms with Crippen LogP contribution in [0.25, 0.3) is 0 Å². The second-order valence-corrected chi connectivity index (χ2v) is 10.3. The number of anilines is 1. The molecule has 0 aromatic heterocycles. The molecule has 1 unspecified atom stereocenters. The molecule has 3 aromatic carbocycles. The number of hydrogen-bond acceptors (Lipinski definition) is 5. The first kappa shape index (κ1) is 26.1. The van der Waals surface area contributed by atoms with Gasteiger partial charge in [0.1, 0.15) is 10.6 Å². The van der Waals surface area contributed by atoms with E-state index in [1.807, 2.05) is 12.1 Å². The smallest absolute Gasteiger partial charge is 0.305 e. The largest absolute Gasteiger partial charge is 0.493 e. The van der Waals surface area contributed by atoms with Crippen molar-refractivity contribution in [2.75, 3.05) is 10.9 Å². The Balaban J connectivity index is 1.92. The molecule has 1 atom stereocenters. The summed E-state index contributed by atoms with van der Waals surface area (Å²) in [7, 11) is -4.18. The van der Waals surface area contributed by atoms with Gasteiger partial charge in [-0.25, -0.2) is 8.42 Å². The maximum Gasteiger partial charge on any atom is 0.305 e. The monoisotopic (exact) mass is 512 g/mol. The first-order chi connectivity index (χ1) is 16.6. The van der Waals surface area contributed by atoms with Gasteiger partial charge in [0.15, 0.2) is 0 Å². The number of nitrogens with zero attached hydrogens (tertiary/aromatic N) is 2. The zero-order valence-electron chi connectivity index (χ0n) is 19.3. The van der Waals surface area contributed by atoms with Crippen LogP contribution in [-0.4, -0.2) is 32.1 Å². The molecule has 7 nitrogen and oxygen atoms in total. The molecule has 0 saturated heterocycles. The molecule has 0 amide bonds. The summed E-state index contributed by atoms with van der Waals surface area (Å²) in [5.41, 5.74) is 2.60. The fraction of sp³-hybridized carbons (Fsp3) is 0.231. The van der Waals surface area contributed by atoms with Crippen molar-refractivity contribution >= 4 is 33.3 Å². The Morgan fingerprint density at radius 1 is 1.14 bits per heavy atom. The fourth-order valence-corrected chi connectivity index (χ4v) is 5.83. The zero-order valence-corrected chi connectivity index (χ0v) is 20.9. The summed E-state index contributed by atoms with van der Waals surface area (Å²) in [5, 5.41) is 18.3. The van der Waals surface area contributed by atoms with Crippen molar-refractivity contribution in [1.29, 1.82) is 5.26 Å². The Morgan fingerprint density at radius 3 is 2.46 bits per heavy atom. The highest BCUT2D eigenvalue weighted by Crippen LogP contribution is 2.33. The van der Waals surface area contributed by atoms with Gasteiger partial charge in [0.2, 0.25) is 0 Å². The number of ether oxygens (including phenoxy) is 1. The molecule has 1 N–H and O–H groups in total. The summed E-state index contributed by atoms with van der Waals surface area (Å²) in [5.74, 6) is -0.668. The van der Waals surface area contributed by atoms with E-state index >= 15 is 0 Å². The maximum absolute atomic E-state index is 13.6. The predicted octanol–water partition coefficient (Wildman–Crippen LogP) is 5.20. The number of aryl methyl sites for hydroxylation is 1. The van der Waals surface area contributed by atoms with Gasteiger partial charge in [-0.1, -0.05) is 35.9 Å². The van der Waals surface area contributed by atoms with Crippen molar-refractivity contribution in [3.63, 3.8) is 0 Å². The van der Waals surface area contributed by atoms with E-state index in [0.717, 1.165) is 15.4 Å². The summed E-state index contributed by atoms with van der Waals surface area (Å²) < 4.78 is 34.3. The summed E-state index contributed by atoms with van der Waals surface area (Å²) in [6, 6.07) is 19.5. The minimum Gasteiger partial charge on any atom is -0.493 e. The number of rotatable bonds is 10. The second kappa shape index (κ2) is 11.3. The molecule has 0 heterocycles. The van der Waals surface area contributed by atoms with Crippen LogP contribution in [0.1, 0.15) is 30.0 Å². The summed E-state index contributed by atoms with van der Waals surface area (Å²) in [4.78, 5) is 11.3. The van der Waals surface area contributed by atoms with Crippen LogP contribution >= 0.6 is 11.6 Å². The summed E-state index contributed by atoms with van der Waals surface area (Å²) in [6.45, 7) is 3.67.